The van der Waals surface area contributed by atoms with Crippen LogP contribution in [0.5, 0.6) is 0 Å². The number of anilines is 2. The monoisotopic (exact) mass is 404 g/mol. The van der Waals surface area contributed by atoms with E-state index in [4.69, 9.17) is 0 Å². The molecule has 1 amide bonds. The molecule has 6 nitrogen and oxygen atoms in total. The largest absolute Gasteiger partial charge is 0.369 e. The van der Waals surface area contributed by atoms with Crippen molar-refractivity contribution in [2.45, 2.75) is 13.8 Å². The summed E-state index contributed by atoms with van der Waals surface area (Å²) in [5, 5.41) is 3.76. The van der Waals surface area contributed by atoms with E-state index in [1.54, 1.807) is 11.6 Å². The molecule has 0 atom stereocenters. The number of nitrogens with zero attached hydrogens (tertiary/aromatic N) is 3. The van der Waals surface area contributed by atoms with Gasteiger partial charge in [0.25, 0.3) is 11.5 Å². The van der Waals surface area contributed by atoms with Crippen molar-refractivity contribution in [3.8, 4) is 0 Å². The van der Waals surface area contributed by atoms with Crippen molar-refractivity contribution in [3.05, 3.63) is 70.0 Å². The van der Waals surface area contributed by atoms with Crippen LogP contribution >= 0.6 is 0 Å². The van der Waals surface area contributed by atoms with Crippen LogP contribution in [-0.2, 0) is 7.05 Å². The Morgan fingerprint density at radius 3 is 2.47 bits per heavy atom. The van der Waals surface area contributed by atoms with E-state index in [9.17, 15) is 9.59 Å². The number of aromatic nitrogens is 1. The number of amides is 1. The van der Waals surface area contributed by atoms with Gasteiger partial charge in [0, 0.05) is 56.1 Å². The van der Waals surface area contributed by atoms with Crippen LogP contribution in [0.2, 0.25) is 0 Å². The average Bonchev–Trinajstić information content (AvgIpc) is 2.77. The molecule has 1 aliphatic heterocycles. The third kappa shape index (κ3) is 3.83. The lowest BCUT2D eigenvalue weighted by molar-refractivity contribution is 0.102. The molecule has 0 radical (unpaired) electrons. The molecule has 3 aromatic rings. The summed E-state index contributed by atoms with van der Waals surface area (Å²) in [7, 11) is 1.72. The predicted octanol–water partition coefficient (Wildman–Crippen LogP) is 3.24. The fourth-order valence-corrected chi connectivity index (χ4v) is 4.10. The maximum Gasteiger partial charge on any atom is 0.256 e. The van der Waals surface area contributed by atoms with Crippen LogP contribution in [0, 0.1) is 6.92 Å². The number of aryl methyl sites for hydroxylation is 2. The van der Waals surface area contributed by atoms with E-state index < -0.39 is 0 Å². The number of hydrogen-bond donors (Lipinski definition) is 1. The number of likely N-dealkylation sites (N-methyl/N-ethyl adjacent to an activating group) is 1. The summed E-state index contributed by atoms with van der Waals surface area (Å²) in [6.45, 7) is 9.46. The van der Waals surface area contributed by atoms with Gasteiger partial charge < -0.3 is 19.7 Å². The zero-order valence-corrected chi connectivity index (χ0v) is 17.8. The van der Waals surface area contributed by atoms with E-state index in [0.29, 0.717) is 5.56 Å². The number of rotatable bonds is 4. The van der Waals surface area contributed by atoms with Crippen LogP contribution in [0.25, 0.3) is 10.9 Å². The summed E-state index contributed by atoms with van der Waals surface area (Å²) >= 11 is 0. The van der Waals surface area contributed by atoms with Crippen LogP contribution in [0.1, 0.15) is 22.8 Å². The molecule has 0 bridgehead atoms. The highest BCUT2D eigenvalue weighted by molar-refractivity contribution is 6.12. The summed E-state index contributed by atoms with van der Waals surface area (Å²) in [5.74, 6) is -0.267. The van der Waals surface area contributed by atoms with Crippen LogP contribution in [0.3, 0.4) is 0 Å². The number of piperazine rings is 1. The Labute approximate surface area is 176 Å². The molecule has 30 heavy (non-hydrogen) atoms. The van der Waals surface area contributed by atoms with E-state index in [1.807, 2.05) is 37.3 Å². The Morgan fingerprint density at radius 2 is 1.77 bits per heavy atom. The Morgan fingerprint density at radius 1 is 1.03 bits per heavy atom. The summed E-state index contributed by atoms with van der Waals surface area (Å²) in [6.07, 6.45) is 0. The number of carbonyl (C=O) groups excluding carboxylic acids is 1. The molecule has 0 saturated carbocycles. The number of pyridine rings is 1. The van der Waals surface area contributed by atoms with Gasteiger partial charge in [-0.05, 0) is 43.3 Å². The normalized spacial score (nSPS) is 14.8. The first-order valence-electron chi connectivity index (χ1n) is 10.5. The maximum atomic E-state index is 13.0. The Bertz CT molecular complexity index is 1140. The van der Waals surface area contributed by atoms with Crippen molar-refractivity contribution in [2.75, 3.05) is 42.9 Å². The quantitative estimate of drug-likeness (QED) is 0.725. The first-order chi connectivity index (χ1) is 14.5. The predicted molar refractivity (Wildman–Crippen MR) is 123 cm³/mol. The molecule has 156 valence electrons. The molecule has 1 fully saturated rings. The molecule has 1 aliphatic rings. The summed E-state index contributed by atoms with van der Waals surface area (Å²) in [4.78, 5) is 30.2. The van der Waals surface area contributed by atoms with Gasteiger partial charge in [-0.3, -0.25) is 9.59 Å². The molecule has 1 aromatic heterocycles. The molecule has 1 saturated heterocycles. The van der Waals surface area contributed by atoms with E-state index in [0.717, 1.165) is 54.9 Å². The lowest BCUT2D eigenvalue weighted by atomic mass is 10.1. The molecular weight excluding hydrogens is 376 g/mol. The van der Waals surface area contributed by atoms with Gasteiger partial charge in [-0.2, -0.15) is 0 Å². The van der Waals surface area contributed by atoms with E-state index >= 15 is 0 Å². The number of para-hydroxylation sites is 1. The maximum absolute atomic E-state index is 13.0. The summed E-state index contributed by atoms with van der Waals surface area (Å²) in [5.41, 5.74) is 3.89. The number of nitrogens with one attached hydrogen (secondary N) is 1. The summed E-state index contributed by atoms with van der Waals surface area (Å²) in [6, 6.07) is 15.0. The van der Waals surface area contributed by atoms with Gasteiger partial charge in [0.05, 0.1) is 11.1 Å². The minimum atomic E-state index is -0.267. The van der Waals surface area contributed by atoms with Crippen LogP contribution < -0.4 is 15.8 Å². The highest BCUT2D eigenvalue weighted by Crippen LogP contribution is 2.25. The van der Waals surface area contributed by atoms with E-state index in [2.05, 4.69) is 34.2 Å². The second-order valence-corrected chi connectivity index (χ2v) is 7.85. The van der Waals surface area contributed by atoms with Crippen molar-refractivity contribution >= 4 is 28.2 Å². The fourth-order valence-electron chi connectivity index (χ4n) is 4.10. The van der Waals surface area contributed by atoms with Crippen LogP contribution in [-0.4, -0.2) is 48.1 Å². The van der Waals surface area contributed by atoms with E-state index in [1.165, 1.54) is 11.8 Å². The first-order valence-corrected chi connectivity index (χ1v) is 10.5. The standard InChI is InChI=1S/C24H28N4O2/c1-4-27-11-13-28(14-12-27)18-9-10-21(17(2)15-18)25-24(30)20-16-23(29)26(3)22-8-6-5-7-19(20)22/h5-10,15-16H,4,11-14H2,1-3H3,(H,25,30). The molecule has 0 aliphatic carbocycles. The van der Waals surface area contributed by atoms with E-state index in [-0.39, 0.29) is 11.5 Å². The number of carbonyl (C=O) groups is 1. The zero-order valence-electron chi connectivity index (χ0n) is 17.8. The molecule has 0 unspecified atom stereocenters. The minimum absolute atomic E-state index is 0.197. The van der Waals surface area contributed by atoms with Gasteiger partial charge in [-0.1, -0.05) is 25.1 Å². The third-order valence-electron chi connectivity index (χ3n) is 6.04. The molecular formula is C24H28N4O2. The topological polar surface area (TPSA) is 57.6 Å². The third-order valence-corrected chi connectivity index (χ3v) is 6.04. The SMILES string of the molecule is CCN1CCN(c2ccc(NC(=O)c3cc(=O)n(C)c4ccccc34)c(C)c2)CC1. The number of benzene rings is 2. The number of hydrogen-bond acceptors (Lipinski definition) is 4. The zero-order chi connectivity index (χ0) is 21.3. The minimum Gasteiger partial charge on any atom is -0.369 e. The molecule has 6 heteroatoms. The van der Waals surface area contributed by atoms with Crippen molar-refractivity contribution in [1.82, 2.24) is 9.47 Å². The highest BCUT2D eigenvalue weighted by atomic mass is 16.2. The van der Waals surface area contributed by atoms with Crippen LogP contribution in [0.15, 0.2) is 53.3 Å². The number of fused-ring (bicyclic) bond motifs is 1. The molecule has 2 heterocycles. The van der Waals surface area contributed by atoms with Crippen molar-refractivity contribution in [3.63, 3.8) is 0 Å². The molecule has 2 aromatic carbocycles. The average molecular weight is 405 g/mol. The van der Waals surface area contributed by atoms with Crippen molar-refractivity contribution in [2.24, 2.45) is 7.05 Å². The van der Waals surface area contributed by atoms with Gasteiger partial charge in [0.1, 0.15) is 0 Å². The smallest absolute Gasteiger partial charge is 0.256 e. The summed E-state index contributed by atoms with van der Waals surface area (Å²) < 4.78 is 1.56. The van der Waals surface area contributed by atoms with Crippen molar-refractivity contribution in [1.29, 1.82) is 0 Å². The second kappa shape index (κ2) is 8.32. The Balaban J connectivity index is 1.57. The lowest BCUT2D eigenvalue weighted by Gasteiger charge is -2.35. The lowest BCUT2D eigenvalue weighted by Crippen LogP contribution is -2.46. The molecule has 1 N–H and O–H groups in total. The Hall–Kier alpha value is -3.12. The van der Waals surface area contributed by atoms with Gasteiger partial charge in [0.2, 0.25) is 0 Å². The Kier molecular flexibility index (Phi) is 5.59. The molecule has 0 spiro atoms. The van der Waals surface area contributed by atoms with Crippen molar-refractivity contribution < 1.29 is 4.79 Å². The highest BCUT2D eigenvalue weighted by Gasteiger charge is 2.18. The fraction of sp³-hybridized carbons (Fsp3) is 0.333. The first kappa shape index (κ1) is 20.2. The second-order valence-electron chi connectivity index (χ2n) is 7.85. The molecule has 4 rings (SSSR count). The van der Waals surface area contributed by atoms with Gasteiger partial charge >= 0.3 is 0 Å². The van der Waals surface area contributed by atoms with Crippen LogP contribution in [0.4, 0.5) is 11.4 Å². The van der Waals surface area contributed by atoms with Gasteiger partial charge in [0.15, 0.2) is 0 Å². The van der Waals surface area contributed by atoms with Gasteiger partial charge in [-0.25, -0.2) is 0 Å². The van der Waals surface area contributed by atoms with Gasteiger partial charge in [-0.15, -0.1) is 0 Å².